The van der Waals surface area contributed by atoms with Crippen LogP contribution in [0.2, 0.25) is 0 Å². The zero-order chi connectivity index (χ0) is 12.3. The van der Waals surface area contributed by atoms with Crippen molar-refractivity contribution in [1.82, 2.24) is 0 Å². The predicted molar refractivity (Wildman–Crippen MR) is 71.1 cm³/mol. The van der Waals surface area contributed by atoms with E-state index in [1.165, 1.54) is 38.5 Å². The largest absolute Gasteiger partial charge is 0.381 e. The summed E-state index contributed by atoms with van der Waals surface area (Å²) in [4.78, 5) is 0. The number of rotatable bonds is 10. The fraction of sp³-hybridized carbons (Fsp3) is 1.00. The number of ether oxygens (including phenoxy) is 2. The lowest BCUT2D eigenvalue weighted by Crippen LogP contribution is -2.35. The van der Waals surface area contributed by atoms with E-state index in [4.69, 9.17) is 15.2 Å². The van der Waals surface area contributed by atoms with E-state index in [-0.39, 0.29) is 6.04 Å². The van der Waals surface area contributed by atoms with Crippen molar-refractivity contribution in [3.05, 3.63) is 0 Å². The molecule has 1 heterocycles. The Morgan fingerprint density at radius 1 is 1.24 bits per heavy atom. The molecule has 0 aromatic carbocycles. The topological polar surface area (TPSA) is 44.5 Å². The quantitative estimate of drug-likeness (QED) is 0.600. The molecule has 0 spiro atoms. The van der Waals surface area contributed by atoms with Gasteiger partial charge in [0.25, 0.3) is 0 Å². The molecule has 17 heavy (non-hydrogen) atoms. The average Bonchev–Trinajstić information content (AvgIpc) is 2.86. The summed E-state index contributed by atoms with van der Waals surface area (Å²) in [7, 11) is 0. The van der Waals surface area contributed by atoms with Gasteiger partial charge in [-0.05, 0) is 12.8 Å². The summed E-state index contributed by atoms with van der Waals surface area (Å²) >= 11 is 0. The maximum absolute atomic E-state index is 6.05. The van der Waals surface area contributed by atoms with Crippen LogP contribution in [-0.4, -0.2) is 32.5 Å². The van der Waals surface area contributed by atoms with Crippen LogP contribution in [0.3, 0.4) is 0 Å². The molecule has 0 aromatic rings. The van der Waals surface area contributed by atoms with Gasteiger partial charge in [0, 0.05) is 25.2 Å². The monoisotopic (exact) mass is 243 g/mol. The lowest BCUT2D eigenvalue weighted by molar-refractivity contribution is 0.0965. The third-order valence-electron chi connectivity index (χ3n) is 3.52. The maximum atomic E-state index is 6.05. The lowest BCUT2D eigenvalue weighted by Gasteiger charge is -2.17. The Kier molecular flexibility index (Phi) is 8.67. The van der Waals surface area contributed by atoms with Crippen LogP contribution in [0.15, 0.2) is 0 Å². The zero-order valence-corrected chi connectivity index (χ0v) is 11.3. The Hall–Kier alpha value is -0.120. The predicted octanol–water partition coefficient (Wildman–Crippen LogP) is 2.73. The molecule has 1 aliphatic rings. The smallest absolute Gasteiger partial charge is 0.0621 e. The average molecular weight is 243 g/mol. The van der Waals surface area contributed by atoms with Gasteiger partial charge >= 0.3 is 0 Å². The zero-order valence-electron chi connectivity index (χ0n) is 11.3. The van der Waals surface area contributed by atoms with Crippen LogP contribution in [0.4, 0.5) is 0 Å². The van der Waals surface area contributed by atoms with Crippen molar-refractivity contribution in [2.75, 3.05) is 26.4 Å². The first-order valence-electron chi connectivity index (χ1n) is 7.25. The first-order valence-corrected chi connectivity index (χ1v) is 7.25. The molecular formula is C14H29NO2. The van der Waals surface area contributed by atoms with Crippen LogP contribution >= 0.6 is 0 Å². The minimum Gasteiger partial charge on any atom is -0.381 e. The van der Waals surface area contributed by atoms with Crippen LogP contribution < -0.4 is 5.73 Å². The van der Waals surface area contributed by atoms with Gasteiger partial charge in [-0.2, -0.15) is 0 Å². The van der Waals surface area contributed by atoms with E-state index in [0.717, 1.165) is 26.2 Å². The van der Waals surface area contributed by atoms with Crippen LogP contribution in [0, 0.1) is 5.92 Å². The van der Waals surface area contributed by atoms with Crippen LogP contribution in [0.5, 0.6) is 0 Å². The molecule has 0 radical (unpaired) electrons. The summed E-state index contributed by atoms with van der Waals surface area (Å²) in [5.41, 5.74) is 6.05. The number of nitrogens with two attached hydrogens (primary N) is 1. The van der Waals surface area contributed by atoms with Gasteiger partial charge in [0.15, 0.2) is 0 Å². The molecule has 2 N–H and O–H groups in total. The standard InChI is InChI=1S/C14H29NO2/c1-2-3-4-5-6-7-9-16-12-14(15)13-8-10-17-11-13/h13-14H,2-12,15H2,1H3. The Bertz CT molecular complexity index is 170. The molecule has 2 unspecified atom stereocenters. The highest BCUT2D eigenvalue weighted by Crippen LogP contribution is 2.15. The number of hydrogen-bond donors (Lipinski definition) is 1. The molecule has 0 aliphatic carbocycles. The van der Waals surface area contributed by atoms with Gasteiger partial charge in [-0.3, -0.25) is 0 Å². The van der Waals surface area contributed by atoms with Crippen molar-refractivity contribution in [3.8, 4) is 0 Å². The van der Waals surface area contributed by atoms with Crippen LogP contribution in [0.1, 0.15) is 51.9 Å². The highest BCUT2D eigenvalue weighted by atomic mass is 16.5. The summed E-state index contributed by atoms with van der Waals surface area (Å²) in [6.07, 6.45) is 8.97. The normalized spacial score (nSPS) is 21.9. The highest BCUT2D eigenvalue weighted by molar-refractivity contribution is 4.75. The van der Waals surface area contributed by atoms with E-state index in [2.05, 4.69) is 6.92 Å². The van der Waals surface area contributed by atoms with Gasteiger partial charge in [0.1, 0.15) is 0 Å². The van der Waals surface area contributed by atoms with E-state index >= 15 is 0 Å². The number of unbranched alkanes of at least 4 members (excludes halogenated alkanes) is 5. The van der Waals surface area contributed by atoms with Crippen molar-refractivity contribution in [2.24, 2.45) is 11.7 Å². The fourth-order valence-corrected chi connectivity index (χ4v) is 2.23. The molecular weight excluding hydrogens is 214 g/mol. The van der Waals surface area contributed by atoms with E-state index < -0.39 is 0 Å². The third-order valence-corrected chi connectivity index (χ3v) is 3.52. The minimum atomic E-state index is 0.164. The Labute approximate surface area is 106 Å². The van der Waals surface area contributed by atoms with Crippen molar-refractivity contribution in [2.45, 2.75) is 57.9 Å². The summed E-state index contributed by atoms with van der Waals surface area (Å²) in [6.45, 7) is 5.50. The molecule has 0 amide bonds. The molecule has 1 fully saturated rings. The summed E-state index contributed by atoms with van der Waals surface area (Å²) in [6, 6.07) is 0.164. The van der Waals surface area contributed by atoms with Crippen LogP contribution in [-0.2, 0) is 9.47 Å². The molecule has 1 saturated heterocycles. The summed E-state index contributed by atoms with van der Waals surface area (Å²) in [5, 5.41) is 0. The summed E-state index contributed by atoms with van der Waals surface area (Å²) in [5.74, 6) is 0.513. The van der Waals surface area contributed by atoms with Crippen molar-refractivity contribution < 1.29 is 9.47 Å². The highest BCUT2D eigenvalue weighted by Gasteiger charge is 2.22. The van der Waals surface area contributed by atoms with Gasteiger partial charge in [-0.25, -0.2) is 0 Å². The van der Waals surface area contributed by atoms with Crippen molar-refractivity contribution in [3.63, 3.8) is 0 Å². The van der Waals surface area contributed by atoms with E-state index in [1.807, 2.05) is 0 Å². The molecule has 1 aliphatic heterocycles. The van der Waals surface area contributed by atoms with Gasteiger partial charge in [-0.1, -0.05) is 39.0 Å². The molecule has 102 valence electrons. The molecule has 0 aromatic heterocycles. The molecule has 0 bridgehead atoms. The van der Waals surface area contributed by atoms with Crippen LogP contribution in [0.25, 0.3) is 0 Å². The molecule has 0 saturated carbocycles. The maximum Gasteiger partial charge on any atom is 0.0621 e. The lowest BCUT2D eigenvalue weighted by atomic mass is 10.0. The number of hydrogen-bond acceptors (Lipinski definition) is 3. The minimum absolute atomic E-state index is 0.164. The fourth-order valence-electron chi connectivity index (χ4n) is 2.23. The molecule has 2 atom stereocenters. The van der Waals surface area contributed by atoms with Crippen molar-refractivity contribution in [1.29, 1.82) is 0 Å². The summed E-state index contributed by atoms with van der Waals surface area (Å²) < 4.78 is 11.0. The van der Waals surface area contributed by atoms with Gasteiger partial charge in [0.05, 0.1) is 13.2 Å². The van der Waals surface area contributed by atoms with Crippen molar-refractivity contribution >= 4 is 0 Å². The first kappa shape index (κ1) is 14.9. The Balaban J connectivity index is 1.83. The van der Waals surface area contributed by atoms with E-state index in [0.29, 0.717) is 12.5 Å². The first-order chi connectivity index (χ1) is 8.34. The van der Waals surface area contributed by atoms with E-state index in [9.17, 15) is 0 Å². The third kappa shape index (κ3) is 7.02. The van der Waals surface area contributed by atoms with Gasteiger partial charge in [-0.15, -0.1) is 0 Å². The second-order valence-corrected chi connectivity index (χ2v) is 5.13. The Morgan fingerprint density at radius 2 is 2.00 bits per heavy atom. The molecule has 3 heteroatoms. The molecule has 1 rings (SSSR count). The van der Waals surface area contributed by atoms with Gasteiger partial charge < -0.3 is 15.2 Å². The Morgan fingerprint density at radius 3 is 2.71 bits per heavy atom. The molecule has 3 nitrogen and oxygen atoms in total. The SMILES string of the molecule is CCCCCCCCOCC(N)C1CCOC1. The second-order valence-electron chi connectivity index (χ2n) is 5.13. The second kappa shape index (κ2) is 9.86. The van der Waals surface area contributed by atoms with Gasteiger partial charge in [0.2, 0.25) is 0 Å². The van der Waals surface area contributed by atoms with E-state index in [1.54, 1.807) is 0 Å².